The lowest BCUT2D eigenvalue weighted by molar-refractivity contribution is 0.508. The van der Waals surface area contributed by atoms with E-state index in [4.69, 9.17) is 0 Å². The van der Waals surface area contributed by atoms with Gasteiger partial charge in [-0.25, -0.2) is 4.98 Å². The topological polar surface area (TPSA) is 42.2 Å². The summed E-state index contributed by atoms with van der Waals surface area (Å²) in [5, 5.41) is 4.47. The summed E-state index contributed by atoms with van der Waals surface area (Å²) >= 11 is 1.77. The zero-order valence-electron chi connectivity index (χ0n) is 9.92. The molecule has 0 saturated heterocycles. The molecule has 17 heavy (non-hydrogen) atoms. The Kier molecular flexibility index (Phi) is 6.97. The molecular weight excluding hydrogens is 279 g/mol. The second kappa shape index (κ2) is 7.13. The normalized spacial score (nSPS) is 16.5. The Morgan fingerprint density at radius 3 is 2.76 bits per heavy atom. The van der Waals surface area contributed by atoms with E-state index < -0.39 is 0 Å². The van der Waals surface area contributed by atoms with Crippen molar-refractivity contribution in [2.24, 2.45) is 4.99 Å². The van der Waals surface area contributed by atoms with E-state index in [1.54, 1.807) is 18.0 Å². The molecule has 0 spiro atoms. The van der Waals surface area contributed by atoms with Gasteiger partial charge in [-0.1, -0.05) is 11.8 Å². The SMILES string of the molecule is CC1(C)CN=C(SCCn2ccnc2)N1.Cl.Cl. The van der Waals surface area contributed by atoms with Gasteiger partial charge in [0.2, 0.25) is 0 Å². The van der Waals surface area contributed by atoms with Crippen molar-refractivity contribution in [2.75, 3.05) is 12.3 Å². The van der Waals surface area contributed by atoms with Crippen LogP contribution in [0.15, 0.2) is 23.7 Å². The highest BCUT2D eigenvalue weighted by Gasteiger charge is 2.24. The minimum Gasteiger partial charge on any atom is -0.358 e. The van der Waals surface area contributed by atoms with Crippen LogP contribution in [0.25, 0.3) is 0 Å². The number of aliphatic imine (C=N–C) groups is 1. The summed E-state index contributed by atoms with van der Waals surface area (Å²) in [7, 11) is 0. The third-order valence-corrected chi connectivity index (χ3v) is 3.10. The molecule has 1 N–H and O–H groups in total. The van der Waals surface area contributed by atoms with E-state index in [1.807, 2.05) is 12.5 Å². The lowest BCUT2D eigenvalue weighted by Gasteiger charge is -2.17. The molecule has 0 atom stereocenters. The number of thioether (sulfide) groups is 1. The molecular formula is C10H18Cl2N4S. The maximum Gasteiger partial charge on any atom is 0.157 e. The molecule has 1 aliphatic rings. The summed E-state index contributed by atoms with van der Waals surface area (Å²) in [6.45, 7) is 6.19. The number of aryl methyl sites for hydroxylation is 1. The number of hydrogen-bond donors (Lipinski definition) is 1. The van der Waals surface area contributed by atoms with Crippen molar-refractivity contribution in [1.29, 1.82) is 0 Å². The van der Waals surface area contributed by atoms with E-state index in [-0.39, 0.29) is 30.4 Å². The number of aromatic nitrogens is 2. The average molecular weight is 297 g/mol. The Hall–Kier alpha value is -0.390. The number of imidazole rings is 1. The summed E-state index contributed by atoms with van der Waals surface area (Å²) in [6.07, 6.45) is 5.63. The molecule has 1 aliphatic heterocycles. The number of hydrogen-bond acceptors (Lipinski definition) is 4. The predicted molar refractivity (Wildman–Crippen MR) is 78.7 cm³/mol. The fourth-order valence-corrected chi connectivity index (χ4v) is 2.39. The van der Waals surface area contributed by atoms with Gasteiger partial charge >= 0.3 is 0 Å². The molecule has 1 aromatic heterocycles. The van der Waals surface area contributed by atoms with E-state index in [9.17, 15) is 0 Å². The van der Waals surface area contributed by atoms with Crippen molar-refractivity contribution in [3.63, 3.8) is 0 Å². The standard InChI is InChI=1S/C10H16N4S.2ClH/c1-10(2)7-12-9(13-10)15-6-5-14-4-3-11-8-14;;/h3-4,8H,5-7H2,1-2H3,(H,12,13);2*1H. The Bertz CT molecular complexity index is 351. The second-order valence-electron chi connectivity index (χ2n) is 4.28. The molecule has 1 aromatic rings. The van der Waals surface area contributed by atoms with Crippen LogP contribution < -0.4 is 5.32 Å². The number of nitrogens with zero attached hydrogens (tertiary/aromatic N) is 3. The summed E-state index contributed by atoms with van der Waals surface area (Å²) in [5.41, 5.74) is 0.136. The van der Waals surface area contributed by atoms with E-state index in [0.717, 1.165) is 24.0 Å². The van der Waals surface area contributed by atoms with Crippen molar-refractivity contribution in [2.45, 2.75) is 25.9 Å². The molecule has 0 fully saturated rings. The fraction of sp³-hybridized carbons (Fsp3) is 0.600. The Labute approximate surface area is 118 Å². The Morgan fingerprint density at radius 2 is 2.24 bits per heavy atom. The van der Waals surface area contributed by atoms with E-state index >= 15 is 0 Å². The lowest BCUT2D eigenvalue weighted by atomic mass is 10.1. The molecule has 2 rings (SSSR count). The quantitative estimate of drug-likeness (QED) is 0.930. The van der Waals surface area contributed by atoms with Crippen LogP contribution in [0.4, 0.5) is 0 Å². The van der Waals surface area contributed by atoms with Gasteiger partial charge in [0.15, 0.2) is 5.17 Å². The van der Waals surface area contributed by atoms with Gasteiger partial charge in [0.1, 0.15) is 0 Å². The first-order valence-electron chi connectivity index (χ1n) is 5.07. The summed E-state index contributed by atoms with van der Waals surface area (Å²) < 4.78 is 2.08. The number of halogens is 2. The molecule has 0 radical (unpaired) electrons. The number of rotatable bonds is 3. The Balaban J connectivity index is 0.00000128. The van der Waals surface area contributed by atoms with Crippen LogP contribution in [0.2, 0.25) is 0 Å². The molecule has 7 heteroatoms. The molecule has 0 unspecified atom stereocenters. The summed E-state index contributed by atoms with van der Waals surface area (Å²) in [4.78, 5) is 8.45. The highest BCUT2D eigenvalue weighted by molar-refractivity contribution is 8.13. The van der Waals surface area contributed by atoms with Crippen LogP contribution in [-0.4, -0.2) is 32.6 Å². The van der Waals surface area contributed by atoms with E-state index in [1.165, 1.54) is 0 Å². The lowest BCUT2D eigenvalue weighted by Crippen LogP contribution is -2.38. The second-order valence-corrected chi connectivity index (χ2v) is 5.36. The third-order valence-electron chi connectivity index (χ3n) is 2.21. The highest BCUT2D eigenvalue weighted by atomic mass is 35.5. The molecule has 0 saturated carbocycles. The minimum absolute atomic E-state index is 0. The van der Waals surface area contributed by atoms with Crippen LogP contribution in [-0.2, 0) is 6.54 Å². The summed E-state index contributed by atoms with van der Waals surface area (Å²) in [5.74, 6) is 1.03. The van der Waals surface area contributed by atoms with Crippen molar-refractivity contribution in [1.82, 2.24) is 14.9 Å². The Morgan fingerprint density at radius 1 is 1.47 bits per heavy atom. The first-order chi connectivity index (χ1) is 7.16. The predicted octanol–water partition coefficient (Wildman–Crippen LogP) is 2.20. The zero-order valence-corrected chi connectivity index (χ0v) is 12.4. The first-order valence-corrected chi connectivity index (χ1v) is 6.05. The monoisotopic (exact) mass is 296 g/mol. The van der Waals surface area contributed by atoms with Crippen molar-refractivity contribution in [3.05, 3.63) is 18.7 Å². The van der Waals surface area contributed by atoms with Crippen molar-refractivity contribution >= 4 is 41.7 Å². The van der Waals surface area contributed by atoms with Gasteiger partial charge in [-0.15, -0.1) is 24.8 Å². The van der Waals surface area contributed by atoms with Crippen LogP contribution in [0.3, 0.4) is 0 Å². The van der Waals surface area contributed by atoms with Crippen LogP contribution in [0, 0.1) is 0 Å². The van der Waals surface area contributed by atoms with Crippen LogP contribution in [0.5, 0.6) is 0 Å². The molecule has 98 valence electrons. The van der Waals surface area contributed by atoms with Gasteiger partial charge in [-0.2, -0.15) is 0 Å². The largest absolute Gasteiger partial charge is 0.358 e. The van der Waals surface area contributed by atoms with E-state index in [0.29, 0.717) is 0 Å². The van der Waals surface area contributed by atoms with Gasteiger partial charge in [-0.05, 0) is 13.8 Å². The molecule has 2 heterocycles. The van der Waals surface area contributed by atoms with Gasteiger partial charge in [-0.3, -0.25) is 4.99 Å². The van der Waals surface area contributed by atoms with Crippen molar-refractivity contribution < 1.29 is 0 Å². The van der Waals surface area contributed by atoms with Crippen LogP contribution in [0.1, 0.15) is 13.8 Å². The molecule has 0 amide bonds. The van der Waals surface area contributed by atoms with E-state index in [2.05, 4.69) is 33.7 Å². The maximum absolute atomic E-state index is 4.45. The average Bonchev–Trinajstić information content (AvgIpc) is 2.76. The smallest absolute Gasteiger partial charge is 0.157 e. The highest BCUT2D eigenvalue weighted by Crippen LogP contribution is 2.15. The van der Waals surface area contributed by atoms with Gasteiger partial charge in [0, 0.05) is 24.7 Å². The van der Waals surface area contributed by atoms with Crippen molar-refractivity contribution in [3.8, 4) is 0 Å². The number of amidine groups is 1. The van der Waals surface area contributed by atoms with Gasteiger partial charge in [0.25, 0.3) is 0 Å². The number of nitrogens with one attached hydrogen (secondary N) is 1. The van der Waals surface area contributed by atoms with Gasteiger partial charge < -0.3 is 9.88 Å². The molecule has 4 nitrogen and oxygen atoms in total. The molecule has 0 aromatic carbocycles. The first kappa shape index (κ1) is 16.6. The molecule has 0 aliphatic carbocycles. The van der Waals surface area contributed by atoms with Crippen LogP contribution >= 0.6 is 36.6 Å². The minimum atomic E-state index is 0. The summed E-state index contributed by atoms with van der Waals surface area (Å²) in [6, 6.07) is 0. The maximum atomic E-state index is 4.45. The third kappa shape index (κ3) is 5.19. The zero-order chi connectivity index (χ0) is 10.7. The fourth-order valence-electron chi connectivity index (χ4n) is 1.39. The molecule has 0 bridgehead atoms. The van der Waals surface area contributed by atoms with Gasteiger partial charge in [0.05, 0.1) is 18.4 Å².